The van der Waals surface area contributed by atoms with Crippen molar-refractivity contribution in [2.75, 3.05) is 13.1 Å². The van der Waals surface area contributed by atoms with Gasteiger partial charge in [-0.15, -0.1) is 11.3 Å². The maximum absolute atomic E-state index is 11.5. The fraction of sp³-hybridized carbons (Fsp3) is 0.636. The highest BCUT2D eigenvalue weighted by atomic mass is 32.1. The summed E-state index contributed by atoms with van der Waals surface area (Å²) in [7, 11) is 0. The van der Waals surface area contributed by atoms with Crippen LogP contribution in [0.2, 0.25) is 0 Å². The Morgan fingerprint density at radius 2 is 2.38 bits per heavy atom. The van der Waals surface area contributed by atoms with Gasteiger partial charge in [-0.2, -0.15) is 0 Å². The lowest BCUT2D eigenvalue weighted by molar-refractivity contribution is -0.121. The second-order valence-electron chi connectivity index (χ2n) is 3.70. The van der Waals surface area contributed by atoms with Crippen LogP contribution in [0.1, 0.15) is 36.2 Å². The van der Waals surface area contributed by atoms with Crippen molar-refractivity contribution in [3.63, 3.8) is 0 Å². The molecule has 0 bridgehead atoms. The first-order valence-electron chi connectivity index (χ1n) is 5.56. The molecule has 0 aliphatic rings. The molecule has 1 rings (SSSR count). The third-order valence-electron chi connectivity index (χ3n) is 2.17. The number of nitrogens with one attached hydrogen (secondary N) is 2. The lowest BCUT2D eigenvalue weighted by Crippen LogP contribution is -2.29. The number of carbonyl (C=O) groups is 1. The lowest BCUT2D eigenvalue weighted by Gasteiger charge is -2.11. The maximum Gasteiger partial charge on any atom is 0.221 e. The monoisotopic (exact) mass is 241 g/mol. The van der Waals surface area contributed by atoms with Crippen LogP contribution in [-0.2, 0) is 4.79 Å². The van der Waals surface area contributed by atoms with Crippen molar-refractivity contribution in [1.82, 2.24) is 15.6 Å². The Hall–Kier alpha value is -0.940. The van der Waals surface area contributed by atoms with E-state index in [1.165, 1.54) is 4.88 Å². The van der Waals surface area contributed by atoms with Gasteiger partial charge < -0.3 is 10.6 Å². The average molecular weight is 241 g/mol. The Bertz CT molecular complexity index is 338. The Morgan fingerprint density at radius 1 is 1.62 bits per heavy atom. The van der Waals surface area contributed by atoms with Crippen molar-refractivity contribution < 1.29 is 4.79 Å². The molecule has 0 aliphatic carbocycles. The number of thiazole rings is 1. The quantitative estimate of drug-likeness (QED) is 0.744. The summed E-state index contributed by atoms with van der Waals surface area (Å²) in [5.41, 5.74) is 0. The Kier molecular flexibility index (Phi) is 5.42. The fourth-order valence-corrected chi connectivity index (χ4v) is 2.10. The van der Waals surface area contributed by atoms with Gasteiger partial charge in [0.25, 0.3) is 0 Å². The molecular weight excluding hydrogens is 222 g/mol. The number of hydrogen-bond donors (Lipinski definition) is 2. The highest BCUT2D eigenvalue weighted by molar-refractivity contribution is 7.11. The molecule has 0 radical (unpaired) electrons. The average Bonchev–Trinajstić information content (AvgIpc) is 2.65. The van der Waals surface area contributed by atoms with Gasteiger partial charge in [0.1, 0.15) is 5.01 Å². The molecule has 90 valence electrons. The van der Waals surface area contributed by atoms with Crippen molar-refractivity contribution in [1.29, 1.82) is 0 Å². The molecule has 0 fully saturated rings. The fourth-order valence-electron chi connectivity index (χ4n) is 1.33. The van der Waals surface area contributed by atoms with E-state index in [1.54, 1.807) is 11.3 Å². The van der Waals surface area contributed by atoms with Gasteiger partial charge in [-0.05, 0) is 20.4 Å². The summed E-state index contributed by atoms with van der Waals surface area (Å²) in [6.07, 6.45) is 2.35. The molecular formula is C11H19N3OS. The number of carbonyl (C=O) groups excluding carboxylic acids is 1. The standard InChI is InChI=1S/C11H19N3OS/c1-4-12-6-5-10(15)14-9(3)11-13-7-8(2)16-11/h7,9,12H,4-6H2,1-3H3,(H,14,15). The normalized spacial score (nSPS) is 12.4. The molecule has 0 aliphatic heterocycles. The van der Waals surface area contributed by atoms with Gasteiger partial charge in [0.15, 0.2) is 0 Å². The molecule has 0 saturated carbocycles. The van der Waals surface area contributed by atoms with E-state index in [4.69, 9.17) is 0 Å². The van der Waals surface area contributed by atoms with Crippen LogP contribution in [0.3, 0.4) is 0 Å². The lowest BCUT2D eigenvalue weighted by atomic mass is 10.3. The van der Waals surface area contributed by atoms with E-state index in [0.29, 0.717) is 6.42 Å². The summed E-state index contributed by atoms with van der Waals surface area (Å²) < 4.78 is 0. The van der Waals surface area contributed by atoms with E-state index in [0.717, 1.165) is 18.1 Å². The van der Waals surface area contributed by atoms with Crippen LogP contribution in [0.5, 0.6) is 0 Å². The van der Waals surface area contributed by atoms with E-state index in [2.05, 4.69) is 15.6 Å². The second-order valence-corrected chi connectivity index (χ2v) is 4.97. The van der Waals surface area contributed by atoms with Gasteiger partial charge in [0, 0.05) is 24.0 Å². The smallest absolute Gasteiger partial charge is 0.221 e. The minimum absolute atomic E-state index is 0.00725. The summed E-state index contributed by atoms with van der Waals surface area (Å²) >= 11 is 1.62. The first-order chi connectivity index (χ1) is 7.63. The first kappa shape index (κ1) is 13.1. The predicted molar refractivity (Wildman–Crippen MR) is 66.6 cm³/mol. The van der Waals surface area contributed by atoms with Crippen molar-refractivity contribution in [3.8, 4) is 0 Å². The molecule has 1 heterocycles. The summed E-state index contributed by atoms with van der Waals surface area (Å²) in [4.78, 5) is 17.0. The van der Waals surface area contributed by atoms with E-state index in [9.17, 15) is 4.79 Å². The molecule has 5 heteroatoms. The molecule has 2 N–H and O–H groups in total. The molecule has 1 aromatic rings. The SMILES string of the molecule is CCNCCC(=O)NC(C)c1ncc(C)s1. The van der Waals surface area contributed by atoms with Crippen LogP contribution in [0, 0.1) is 6.92 Å². The highest BCUT2D eigenvalue weighted by Gasteiger charge is 2.11. The van der Waals surface area contributed by atoms with Gasteiger partial charge in [-0.1, -0.05) is 6.92 Å². The van der Waals surface area contributed by atoms with Crippen LogP contribution >= 0.6 is 11.3 Å². The number of aromatic nitrogens is 1. The predicted octanol–water partition coefficient (Wildman–Crippen LogP) is 1.63. The van der Waals surface area contributed by atoms with E-state index < -0.39 is 0 Å². The number of aryl methyl sites for hydroxylation is 1. The molecule has 0 aromatic carbocycles. The highest BCUT2D eigenvalue weighted by Crippen LogP contribution is 2.18. The van der Waals surface area contributed by atoms with Gasteiger partial charge in [0.05, 0.1) is 6.04 Å². The zero-order valence-corrected chi connectivity index (χ0v) is 10.9. The Morgan fingerprint density at radius 3 is 2.94 bits per heavy atom. The summed E-state index contributed by atoms with van der Waals surface area (Å²) in [6, 6.07) is 0.00725. The van der Waals surface area contributed by atoms with E-state index in [1.807, 2.05) is 27.0 Å². The molecule has 4 nitrogen and oxygen atoms in total. The van der Waals surface area contributed by atoms with Crippen LogP contribution in [0.25, 0.3) is 0 Å². The van der Waals surface area contributed by atoms with Crippen LogP contribution < -0.4 is 10.6 Å². The summed E-state index contributed by atoms with van der Waals surface area (Å²) in [6.45, 7) is 7.63. The van der Waals surface area contributed by atoms with Crippen molar-refractivity contribution in [3.05, 3.63) is 16.1 Å². The number of amides is 1. The third-order valence-corrected chi connectivity index (χ3v) is 3.26. The summed E-state index contributed by atoms with van der Waals surface area (Å²) in [5, 5.41) is 7.03. The molecule has 0 spiro atoms. The maximum atomic E-state index is 11.5. The van der Waals surface area contributed by atoms with Crippen LogP contribution in [-0.4, -0.2) is 24.0 Å². The zero-order valence-electron chi connectivity index (χ0n) is 10.0. The number of rotatable bonds is 6. The van der Waals surface area contributed by atoms with E-state index in [-0.39, 0.29) is 11.9 Å². The van der Waals surface area contributed by atoms with Gasteiger partial charge in [-0.3, -0.25) is 4.79 Å². The minimum atomic E-state index is 0.00725. The first-order valence-corrected chi connectivity index (χ1v) is 6.37. The van der Waals surface area contributed by atoms with Crippen molar-refractivity contribution in [2.24, 2.45) is 0 Å². The van der Waals surface area contributed by atoms with Gasteiger partial charge in [-0.25, -0.2) is 4.98 Å². The minimum Gasteiger partial charge on any atom is -0.347 e. The number of nitrogens with zero attached hydrogens (tertiary/aromatic N) is 1. The Balaban J connectivity index is 2.33. The van der Waals surface area contributed by atoms with E-state index >= 15 is 0 Å². The van der Waals surface area contributed by atoms with Crippen molar-refractivity contribution >= 4 is 17.2 Å². The molecule has 1 amide bonds. The zero-order chi connectivity index (χ0) is 12.0. The molecule has 1 unspecified atom stereocenters. The van der Waals surface area contributed by atoms with Crippen LogP contribution in [0.4, 0.5) is 0 Å². The van der Waals surface area contributed by atoms with Crippen molar-refractivity contribution in [2.45, 2.75) is 33.2 Å². The molecule has 1 atom stereocenters. The number of hydrogen-bond acceptors (Lipinski definition) is 4. The summed E-state index contributed by atoms with van der Waals surface area (Å²) in [5.74, 6) is 0.0707. The van der Waals surface area contributed by atoms with Gasteiger partial charge >= 0.3 is 0 Å². The second kappa shape index (κ2) is 6.60. The largest absolute Gasteiger partial charge is 0.347 e. The molecule has 0 saturated heterocycles. The topological polar surface area (TPSA) is 54.0 Å². The molecule has 16 heavy (non-hydrogen) atoms. The third kappa shape index (κ3) is 4.28. The molecule has 1 aromatic heterocycles. The van der Waals surface area contributed by atoms with Gasteiger partial charge in [0.2, 0.25) is 5.91 Å². The van der Waals surface area contributed by atoms with Crippen LogP contribution in [0.15, 0.2) is 6.20 Å². The Labute approximate surface area is 100 Å².